The Balaban J connectivity index is 1.28. The molecule has 1 N–H and O–H groups in total. The van der Waals surface area contributed by atoms with Gasteiger partial charge in [0.1, 0.15) is 0 Å². The predicted octanol–water partition coefficient (Wildman–Crippen LogP) is 10.3. The monoisotopic (exact) mass is 502 g/mol. The van der Waals surface area contributed by atoms with Crippen molar-refractivity contribution in [2.75, 3.05) is 5.32 Å². The fraction of sp³-hybridized carbons (Fsp3) is 0.0811. The highest BCUT2D eigenvalue weighted by Gasteiger charge is 2.16. The molecule has 0 aliphatic rings. The molecule has 0 saturated carbocycles. The highest BCUT2D eigenvalue weighted by molar-refractivity contribution is 6.10. The van der Waals surface area contributed by atoms with E-state index in [2.05, 4.69) is 152 Å². The van der Waals surface area contributed by atoms with Crippen molar-refractivity contribution in [3.05, 3.63) is 138 Å². The summed E-state index contributed by atoms with van der Waals surface area (Å²) in [6.07, 6.45) is 0. The molecule has 0 unspecified atom stereocenters. The van der Waals surface area contributed by atoms with Gasteiger partial charge in [-0.25, -0.2) is 0 Å². The second kappa shape index (κ2) is 9.18. The van der Waals surface area contributed by atoms with Crippen molar-refractivity contribution < 1.29 is 0 Å². The lowest BCUT2D eigenvalue weighted by Gasteiger charge is -2.15. The first-order chi connectivity index (χ1) is 19.1. The lowest BCUT2D eigenvalue weighted by Crippen LogP contribution is -2.01. The molecule has 39 heavy (non-hydrogen) atoms. The van der Waals surface area contributed by atoms with E-state index in [0.29, 0.717) is 0 Å². The smallest absolute Gasteiger partial charge is 0.0542 e. The number of rotatable bonds is 4. The Kier molecular flexibility index (Phi) is 5.49. The van der Waals surface area contributed by atoms with Gasteiger partial charge in [-0.05, 0) is 90.2 Å². The number of aromatic nitrogens is 1. The Hall–Kier alpha value is -4.82. The van der Waals surface area contributed by atoms with Crippen LogP contribution in [0.4, 0.5) is 11.4 Å². The van der Waals surface area contributed by atoms with E-state index in [4.69, 9.17) is 0 Å². The number of aryl methyl sites for hydroxylation is 3. The normalized spacial score (nSPS) is 11.5. The number of hydrogen-bond donors (Lipinski definition) is 1. The Bertz CT molecular complexity index is 1980. The first kappa shape index (κ1) is 23.3. The molecule has 188 valence electrons. The molecule has 0 spiro atoms. The van der Waals surface area contributed by atoms with Gasteiger partial charge in [-0.3, -0.25) is 0 Å². The van der Waals surface area contributed by atoms with Crippen LogP contribution in [0.3, 0.4) is 0 Å². The zero-order valence-electron chi connectivity index (χ0n) is 22.5. The zero-order chi connectivity index (χ0) is 26.5. The molecule has 7 aromatic rings. The van der Waals surface area contributed by atoms with E-state index in [0.717, 1.165) is 11.4 Å². The highest BCUT2D eigenvalue weighted by atomic mass is 15.0. The maximum absolute atomic E-state index is 3.65. The number of para-hydroxylation sites is 1. The largest absolute Gasteiger partial charge is 0.356 e. The van der Waals surface area contributed by atoms with Crippen LogP contribution in [-0.2, 0) is 0 Å². The molecule has 1 heterocycles. The van der Waals surface area contributed by atoms with E-state index in [1.165, 1.54) is 66.1 Å². The molecule has 6 aromatic carbocycles. The van der Waals surface area contributed by atoms with Crippen LogP contribution in [0.5, 0.6) is 0 Å². The topological polar surface area (TPSA) is 17.0 Å². The molecule has 0 aliphatic carbocycles. The van der Waals surface area contributed by atoms with Crippen molar-refractivity contribution in [3.63, 3.8) is 0 Å². The molecule has 1 aromatic heterocycles. The SMILES string of the molecule is Cc1cc(C)c(-n2c3ccccc3c3cc(Nc4ccc(-c5cccc6ccccc56)cc4)ccc32)c(C)c1. The summed E-state index contributed by atoms with van der Waals surface area (Å²) >= 11 is 0. The van der Waals surface area contributed by atoms with Gasteiger partial charge in [-0.1, -0.05) is 90.5 Å². The fourth-order valence-electron chi connectivity index (χ4n) is 6.19. The standard InChI is InChI=1S/C37H30N2/c1-24-21-25(2)37(26(3)22-24)39-35-14-7-6-12-33(35)34-23-30(19-20-36(34)39)38-29-17-15-28(16-18-29)32-13-8-10-27-9-4-5-11-31(27)32/h4-23,38H,1-3H3. The second-order valence-corrected chi connectivity index (χ2v) is 10.6. The maximum atomic E-state index is 3.65. The second-order valence-electron chi connectivity index (χ2n) is 10.6. The van der Waals surface area contributed by atoms with Gasteiger partial charge < -0.3 is 9.88 Å². The van der Waals surface area contributed by atoms with Gasteiger partial charge in [-0.2, -0.15) is 0 Å². The predicted molar refractivity (Wildman–Crippen MR) is 168 cm³/mol. The van der Waals surface area contributed by atoms with Crippen LogP contribution in [0.1, 0.15) is 16.7 Å². The van der Waals surface area contributed by atoms with E-state index < -0.39 is 0 Å². The lowest BCUT2D eigenvalue weighted by molar-refractivity contribution is 1.11. The quantitative estimate of drug-likeness (QED) is 0.253. The maximum Gasteiger partial charge on any atom is 0.0542 e. The summed E-state index contributed by atoms with van der Waals surface area (Å²) in [5, 5.41) is 8.71. The number of nitrogens with one attached hydrogen (secondary N) is 1. The van der Waals surface area contributed by atoms with E-state index in [-0.39, 0.29) is 0 Å². The molecule has 0 fully saturated rings. The van der Waals surface area contributed by atoms with Crippen molar-refractivity contribution in [1.29, 1.82) is 0 Å². The number of hydrogen-bond acceptors (Lipinski definition) is 1. The van der Waals surface area contributed by atoms with E-state index in [1.54, 1.807) is 0 Å². The van der Waals surface area contributed by atoms with Crippen LogP contribution in [0.25, 0.3) is 49.4 Å². The molecular weight excluding hydrogens is 472 g/mol. The van der Waals surface area contributed by atoms with Gasteiger partial charge in [0.25, 0.3) is 0 Å². The Labute approximate surface area is 229 Å². The van der Waals surface area contributed by atoms with Crippen molar-refractivity contribution in [1.82, 2.24) is 4.57 Å². The van der Waals surface area contributed by atoms with Gasteiger partial charge in [0.2, 0.25) is 0 Å². The summed E-state index contributed by atoms with van der Waals surface area (Å²) in [5.41, 5.74) is 12.3. The zero-order valence-corrected chi connectivity index (χ0v) is 22.5. The highest BCUT2D eigenvalue weighted by Crippen LogP contribution is 2.37. The van der Waals surface area contributed by atoms with Gasteiger partial charge >= 0.3 is 0 Å². The molecule has 2 nitrogen and oxygen atoms in total. The van der Waals surface area contributed by atoms with Crippen molar-refractivity contribution in [2.45, 2.75) is 20.8 Å². The Morgan fingerprint density at radius 3 is 1.95 bits per heavy atom. The number of nitrogens with zero attached hydrogens (tertiary/aromatic N) is 1. The molecule has 0 atom stereocenters. The third-order valence-electron chi connectivity index (χ3n) is 7.81. The first-order valence-electron chi connectivity index (χ1n) is 13.5. The molecule has 7 rings (SSSR count). The molecule has 0 aliphatic heterocycles. The van der Waals surface area contributed by atoms with Crippen molar-refractivity contribution in [2.24, 2.45) is 0 Å². The first-order valence-corrected chi connectivity index (χ1v) is 13.5. The summed E-state index contributed by atoms with van der Waals surface area (Å²) in [6.45, 7) is 6.60. The third kappa shape index (κ3) is 3.97. The van der Waals surface area contributed by atoms with E-state index in [9.17, 15) is 0 Å². The summed E-state index contributed by atoms with van der Waals surface area (Å²) in [5.74, 6) is 0. The average Bonchev–Trinajstić information content (AvgIpc) is 3.26. The average molecular weight is 503 g/mol. The number of anilines is 2. The van der Waals surface area contributed by atoms with Crippen LogP contribution < -0.4 is 5.32 Å². The van der Waals surface area contributed by atoms with Crippen LogP contribution in [-0.4, -0.2) is 4.57 Å². The summed E-state index contributed by atoms with van der Waals surface area (Å²) in [4.78, 5) is 0. The molecule has 0 radical (unpaired) electrons. The molecule has 0 amide bonds. The summed E-state index contributed by atoms with van der Waals surface area (Å²) < 4.78 is 2.43. The minimum Gasteiger partial charge on any atom is -0.356 e. The fourth-order valence-corrected chi connectivity index (χ4v) is 6.19. The third-order valence-corrected chi connectivity index (χ3v) is 7.81. The minimum absolute atomic E-state index is 1.08. The lowest BCUT2D eigenvalue weighted by atomic mass is 9.98. The van der Waals surface area contributed by atoms with Crippen molar-refractivity contribution in [3.8, 4) is 16.8 Å². The van der Waals surface area contributed by atoms with Crippen LogP contribution in [0, 0.1) is 20.8 Å². The summed E-state index contributed by atoms with van der Waals surface area (Å²) in [6, 6.07) is 43.8. The van der Waals surface area contributed by atoms with Crippen LogP contribution in [0.15, 0.2) is 121 Å². The molecule has 2 heteroatoms. The molecule has 0 bridgehead atoms. The van der Waals surface area contributed by atoms with Crippen LogP contribution >= 0.6 is 0 Å². The Morgan fingerprint density at radius 2 is 1.15 bits per heavy atom. The minimum atomic E-state index is 1.08. The number of fused-ring (bicyclic) bond motifs is 4. The Morgan fingerprint density at radius 1 is 0.513 bits per heavy atom. The van der Waals surface area contributed by atoms with Crippen LogP contribution in [0.2, 0.25) is 0 Å². The molecule has 0 saturated heterocycles. The van der Waals surface area contributed by atoms with Crippen molar-refractivity contribution >= 4 is 44.0 Å². The number of benzene rings is 6. The summed E-state index contributed by atoms with van der Waals surface area (Å²) in [7, 11) is 0. The van der Waals surface area contributed by atoms with Gasteiger partial charge in [-0.15, -0.1) is 0 Å². The van der Waals surface area contributed by atoms with Gasteiger partial charge in [0.15, 0.2) is 0 Å². The van der Waals surface area contributed by atoms with E-state index >= 15 is 0 Å². The van der Waals surface area contributed by atoms with E-state index in [1.807, 2.05) is 0 Å². The van der Waals surface area contributed by atoms with Gasteiger partial charge in [0, 0.05) is 22.1 Å². The van der Waals surface area contributed by atoms with Gasteiger partial charge in [0.05, 0.1) is 16.7 Å². The molecular formula is C37H30N2.